The molecule has 3 rings (SSSR count). The van der Waals surface area contributed by atoms with Gasteiger partial charge in [0, 0.05) is 6.54 Å². The first-order valence-corrected chi connectivity index (χ1v) is 12.1. The van der Waals surface area contributed by atoms with E-state index in [0.717, 1.165) is 43.4 Å². The normalized spacial score (nSPS) is 16.8. The molecule has 0 fully saturated rings. The van der Waals surface area contributed by atoms with Crippen molar-refractivity contribution in [1.29, 1.82) is 0 Å². The molecule has 0 aliphatic heterocycles. The molecule has 1 aliphatic carbocycles. The molecule has 29 heavy (non-hydrogen) atoms. The third kappa shape index (κ3) is 6.54. The number of nitrogens with one attached hydrogen (secondary N) is 1. The van der Waals surface area contributed by atoms with Crippen LogP contribution in [0.2, 0.25) is 0 Å². The minimum atomic E-state index is -3.21. The number of halogens is 1. The average molecular weight is 420 g/mol. The molecule has 2 aromatic carbocycles. The van der Waals surface area contributed by atoms with Gasteiger partial charge in [-0.05, 0) is 79.0 Å². The van der Waals surface area contributed by atoms with Crippen molar-refractivity contribution in [3.63, 3.8) is 0 Å². The Bertz CT molecular complexity index is 914. The van der Waals surface area contributed by atoms with Gasteiger partial charge in [0.05, 0.1) is 5.75 Å². The number of aryl methyl sites for hydroxylation is 1. The third-order valence-corrected chi connectivity index (χ3v) is 6.93. The Balaban J connectivity index is 1.67. The predicted molar refractivity (Wildman–Crippen MR) is 114 cm³/mol. The minimum Gasteiger partial charge on any atom is -0.492 e. The molecule has 0 spiro atoms. The summed E-state index contributed by atoms with van der Waals surface area (Å²) in [6.07, 6.45) is 5.84. The summed E-state index contributed by atoms with van der Waals surface area (Å²) in [4.78, 5) is 0. The van der Waals surface area contributed by atoms with Crippen molar-refractivity contribution in [3.8, 4) is 5.75 Å². The molecule has 6 heteroatoms. The standard InChI is InChI=1S/C23H30FNO3S/c1-2-14-29(26,27)25-12-13-28-22-11-10-19-7-3-4-8-20(23(19)17-22)15-18-6-5-9-21(24)16-18/h5-6,9-11,16-17,20,25H,2-4,7-8,12-15H2,1H3. The number of hydrogen-bond acceptors (Lipinski definition) is 3. The Morgan fingerprint density at radius 2 is 2.03 bits per heavy atom. The molecule has 0 aromatic heterocycles. The van der Waals surface area contributed by atoms with Crippen LogP contribution in [0.5, 0.6) is 5.75 Å². The molecule has 1 aliphatic rings. The van der Waals surface area contributed by atoms with Crippen LogP contribution in [0.4, 0.5) is 4.39 Å². The molecule has 0 heterocycles. The minimum absolute atomic E-state index is 0.133. The van der Waals surface area contributed by atoms with Gasteiger partial charge in [-0.1, -0.05) is 31.5 Å². The molecular weight excluding hydrogens is 389 g/mol. The van der Waals surface area contributed by atoms with Crippen molar-refractivity contribution in [1.82, 2.24) is 4.72 Å². The Hall–Kier alpha value is -1.92. The molecule has 0 amide bonds. The average Bonchev–Trinajstić information content (AvgIpc) is 2.87. The number of rotatable bonds is 9. The fraction of sp³-hybridized carbons (Fsp3) is 0.478. The van der Waals surface area contributed by atoms with Crippen LogP contribution >= 0.6 is 0 Å². The first-order chi connectivity index (χ1) is 14.0. The summed E-state index contributed by atoms with van der Waals surface area (Å²) < 4.78 is 45.4. The molecule has 2 aromatic rings. The second kappa shape index (κ2) is 10.2. The summed E-state index contributed by atoms with van der Waals surface area (Å²) in [5, 5.41) is 0. The zero-order valence-corrected chi connectivity index (χ0v) is 17.8. The summed E-state index contributed by atoms with van der Waals surface area (Å²) in [6.45, 7) is 2.38. The van der Waals surface area contributed by atoms with Crippen molar-refractivity contribution in [2.45, 2.75) is 51.4 Å². The topological polar surface area (TPSA) is 55.4 Å². The van der Waals surface area contributed by atoms with Gasteiger partial charge in [0.15, 0.2) is 0 Å². The highest BCUT2D eigenvalue weighted by Gasteiger charge is 2.20. The molecule has 1 N–H and O–H groups in total. The van der Waals surface area contributed by atoms with E-state index in [4.69, 9.17) is 4.74 Å². The predicted octanol–water partition coefficient (Wildman–Crippen LogP) is 4.59. The van der Waals surface area contributed by atoms with Crippen LogP contribution in [-0.4, -0.2) is 27.3 Å². The van der Waals surface area contributed by atoms with Crippen molar-refractivity contribution >= 4 is 10.0 Å². The van der Waals surface area contributed by atoms with E-state index in [1.54, 1.807) is 12.1 Å². The first kappa shape index (κ1) is 21.8. The van der Waals surface area contributed by atoms with Crippen LogP contribution in [0.25, 0.3) is 0 Å². The number of benzene rings is 2. The van der Waals surface area contributed by atoms with Crippen molar-refractivity contribution < 1.29 is 17.5 Å². The number of hydrogen-bond donors (Lipinski definition) is 1. The Morgan fingerprint density at radius 1 is 1.17 bits per heavy atom. The monoisotopic (exact) mass is 419 g/mol. The highest BCUT2D eigenvalue weighted by atomic mass is 32.2. The highest BCUT2D eigenvalue weighted by Crippen LogP contribution is 2.35. The van der Waals surface area contributed by atoms with Gasteiger partial charge in [0.25, 0.3) is 0 Å². The van der Waals surface area contributed by atoms with Crippen LogP contribution in [0.3, 0.4) is 0 Å². The van der Waals surface area contributed by atoms with Gasteiger partial charge >= 0.3 is 0 Å². The van der Waals surface area contributed by atoms with E-state index in [2.05, 4.69) is 16.9 Å². The van der Waals surface area contributed by atoms with Gasteiger partial charge in [-0.15, -0.1) is 0 Å². The largest absolute Gasteiger partial charge is 0.492 e. The smallest absolute Gasteiger partial charge is 0.211 e. The molecule has 1 unspecified atom stereocenters. The van der Waals surface area contributed by atoms with Gasteiger partial charge in [-0.3, -0.25) is 0 Å². The maximum Gasteiger partial charge on any atom is 0.211 e. The fourth-order valence-electron chi connectivity index (χ4n) is 4.00. The summed E-state index contributed by atoms with van der Waals surface area (Å²) >= 11 is 0. The van der Waals surface area contributed by atoms with E-state index in [1.807, 2.05) is 19.1 Å². The van der Waals surface area contributed by atoms with Crippen LogP contribution < -0.4 is 9.46 Å². The van der Waals surface area contributed by atoms with Gasteiger partial charge in [0.2, 0.25) is 10.0 Å². The summed E-state index contributed by atoms with van der Waals surface area (Å²) in [5.41, 5.74) is 3.62. The van der Waals surface area contributed by atoms with E-state index in [0.29, 0.717) is 12.3 Å². The molecule has 158 valence electrons. The van der Waals surface area contributed by atoms with Gasteiger partial charge < -0.3 is 4.74 Å². The Kier molecular flexibility index (Phi) is 7.67. The lowest BCUT2D eigenvalue weighted by molar-refractivity contribution is 0.322. The van der Waals surface area contributed by atoms with Crippen LogP contribution in [0.15, 0.2) is 42.5 Å². The second-order valence-electron chi connectivity index (χ2n) is 7.70. The third-order valence-electron chi connectivity index (χ3n) is 5.34. The lowest BCUT2D eigenvalue weighted by atomic mass is 9.87. The molecule has 0 radical (unpaired) electrons. The summed E-state index contributed by atoms with van der Waals surface area (Å²) in [5.74, 6) is 1.03. The van der Waals surface area contributed by atoms with Crippen molar-refractivity contribution in [3.05, 3.63) is 65.0 Å². The lowest BCUT2D eigenvalue weighted by Crippen LogP contribution is -2.30. The van der Waals surface area contributed by atoms with E-state index >= 15 is 0 Å². The van der Waals surface area contributed by atoms with E-state index in [-0.39, 0.29) is 24.7 Å². The molecule has 0 saturated heterocycles. The fourth-order valence-corrected chi connectivity index (χ4v) is 5.08. The first-order valence-electron chi connectivity index (χ1n) is 10.4. The molecule has 4 nitrogen and oxygen atoms in total. The highest BCUT2D eigenvalue weighted by molar-refractivity contribution is 7.89. The van der Waals surface area contributed by atoms with Crippen molar-refractivity contribution in [2.24, 2.45) is 0 Å². The van der Waals surface area contributed by atoms with E-state index in [1.165, 1.54) is 17.2 Å². The van der Waals surface area contributed by atoms with Crippen molar-refractivity contribution in [2.75, 3.05) is 18.9 Å². The Morgan fingerprint density at radius 3 is 2.83 bits per heavy atom. The quantitative estimate of drug-likeness (QED) is 0.478. The SMILES string of the molecule is CCCS(=O)(=O)NCCOc1ccc2c(c1)C(Cc1cccc(F)c1)CCCC2. The van der Waals surface area contributed by atoms with Gasteiger partial charge in [-0.25, -0.2) is 17.5 Å². The van der Waals surface area contributed by atoms with Gasteiger partial charge in [0.1, 0.15) is 18.2 Å². The van der Waals surface area contributed by atoms with E-state index in [9.17, 15) is 12.8 Å². The maximum atomic E-state index is 13.6. The van der Waals surface area contributed by atoms with Crippen LogP contribution in [-0.2, 0) is 22.9 Å². The van der Waals surface area contributed by atoms with Crippen LogP contribution in [0, 0.1) is 5.82 Å². The summed E-state index contributed by atoms with van der Waals surface area (Å²) in [6, 6.07) is 13.0. The molecule has 0 bridgehead atoms. The molecule has 0 saturated carbocycles. The summed E-state index contributed by atoms with van der Waals surface area (Å²) in [7, 11) is -3.21. The molecule has 1 atom stereocenters. The molecular formula is C23H30FNO3S. The van der Waals surface area contributed by atoms with E-state index < -0.39 is 10.0 Å². The number of ether oxygens (including phenoxy) is 1. The zero-order chi connectivity index (χ0) is 20.7. The van der Waals surface area contributed by atoms with Crippen LogP contribution in [0.1, 0.15) is 55.2 Å². The number of sulfonamides is 1. The lowest BCUT2D eigenvalue weighted by Gasteiger charge is -2.19. The maximum absolute atomic E-state index is 13.6. The van der Waals surface area contributed by atoms with Gasteiger partial charge in [-0.2, -0.15) is 0 Å². The zero-order valence-electron chi connectivity index (χ0n) is 17.0. The number of fused-ring (bicyclic) bond motifs is 1. The second-order valence-corrected chi connectivity index (χ2v) is 9.63. The Labute approximate surface area is 173 Å².